The van der Waals surface area contributed by atoms with Gasteiger partial charge in [-0.25, -0.2) is 9.97 Å². The second-order valence-corrected chi connectivity index (χ2v) is 6.69. The van der Waals surface area contributed by atoms with Crippen molar-refractivity contribution in [2.45, 2.75) is 32.3 Å². The van der Waals surface area contributed by atoms with Gasteiger partial charge in [0, 0.05) is 11.4 Å². The predicted octanol–water partition coefficient (Wildman–Crippen LogP) is 2.32. The Labute approximate surface area is 127 Å². The summed E-state index contributed by atoms with van der Waals surface area (Å²) in [6.07, 6.45) is 3.70. The molecule has 5 nitrogen and oxygen atoms in total. The summed E-state index contributed by atoms with van der Waals surface area (Å²) in [5.41, 5.74) is 1.46. The number of rotatable bonds is 3. The zero-order valence-corrected chi connectivity index (χ0v) is 13.0. The molecule has 6 heteroatoms. The van der Waals surface area contributed by atoms with Crippen LogP contribution in [0.2, 0.25) is 0 Å². The third-order valence-corrected chi connectivity index (χ3v) is 5.24. The molecule has 1 fully saturated rings. The Bertz CT molecular complexity index is 664. The Morgan fingerprint density at radius 2 is 2.24 bits per heavy atom. The molecule has 1 aliphatic heterocycles. The van der Waals surface area contributed by atoms with Crippen molar-refractivity contribution in [2.75, 3.05) is 31.7 Å². The molecule has 2 aromatic heterocycles. The van der Waals surface area contributed by atoms with Gasteiger partial charge in [0.05, 0.1) is 31.3 Å². The van der Waals surface area contributed by atoms with E-state index >= 15 is 0 Å². The van der Waals surface area contributed by atoms with Crippen molar-refractivity contribution < 1.29 is 9.47 Å². The van der Waals surface area contributed by atoms with Crippen LogP contribution in [0, 0.1) is 6.92 Å². The zero-order chi connectivity index (χ0) is 14.2. The van der Waals surface area contributed by atoms with E-state index in [9.17, 15) is 0 Å². The van der Waals surface area contributed by atoms with Gasteiger partial charge in [0.2, 0.25) is 0 Å². The molecule has 0 saturated carbocycles. The molecule has 2 aliphatic rings. The molecule has 0 aromatic carbocycles. The standard InChI is InChI=1S/C15H19N3O2S/c1-9-17-14(16-7-10-8-19-5-6-20-10)13-11-3-2-4-12(11)21-15(13)18-9/h10H,2-8H2,1H3,(H,16,17,18). The largest absolute Gasteiger partial charge is 0.376 e. The van der Waals surface area contributed by atoms with Crippen molar-refractivity contribution in [1.29, 1.82) is 0 Å². The van der Waals surface area contributed by atoms with Crippen LogP contribution in [0.1, 0.15) is 22.7 Å². The molecule has 1 saturated heterocycles. The smallest absolute Gasteiger partial charge is 0.138 e. The number of ether oxygens (including phenoxy) is 2. The highest BCUT2D eigenvalue weighted by Crippen LogP contribution is 2.39. The van der Waals surface area contributed by atoms with E-state index in [0.717, 1.165) is 29.4 Å². The van der Waals surface area contributed by atoms with Crippen molar-refractivity contribution >= 4 is 27.4 Å². The fourth-order valence-corrected chi connectivity index (χ4v) is 4.40. The Morgan fingerprint density at radius 1 is 1.29 bits per heavy atom. The average Bonchev–Trinajstić information content (AvgIpc) is 3.06. The quantitative estimate of drug-likeness (QED) is 0.943. The van der Waals surface area contributed by atoms with E-state index in [0.29, 0.717) is 19.8 Å². The molecule has 4 rings (SSSR count). The minimum atomic E-state index is 0.107. The van der Waals surface area contributed by atoms with Gasteiger partial charge in [-0.05, 0) is 31.7 Å². The fraction of sp³-hybridized carbons (Fsp3) is 0.600. The highest BCUT2D eigenvalue weighted by molar-refractivity contribution is 7.19. The minimum absolute atomic E-state index is 0.107. The highest BCUT2D eigenvalue weighted by Gasteiger charge is 2.22. The summed E-state index contributed by atoms with van der Waals surface area (Å²) >= 11 is 1.83. The Hall–Kier alpha value is -1.24. The van der Waals surface area contributed by atoms with Gasteiger partial charge < -0.3 is 14.8 Å². The molecule has 2 aromatic rings. The van der Waals surface area contributed by atoms with Gasteiger partial charge >= 0.3 is 0 Å². The summed E-state index contributed by atoms with van der Waals surface area (Å²) in [4.78, 5) is 11.8. The van der Waals surface area contributed by atoms with E-state index in [1.807, 2.05) is 18.3 Å². The summed E-state index contributed by atoms with van der Waals surface area (Å²) in [5.74, 6) is 1.79. The van der Waals surface area contributed by atoms with E-state index in [1.165, 1.54) is 28.7 Å². The molecule has 112 valence electrons. The van der Waals surface area contributed by atoms with Gasteiger partial charge in [-0.2, -0.15) is 0 Å². The molecule has 21 heavy (non-hydrogen) atoms. The van der Waals surface area contributed by atoms with Gasteiger partial charge in [-0.1, -0.05) is 0 Å². The fourth-order valence-electron chi connectivity index (χ4n) is 3.10. The molecule has 1 N–H and O–H groups in total. The van der Waals surface area contributed by atoms with Crippen LogP contribution >= 0.6 is 11.3 Å². The second-order valence-electron chi connectivity index (χ2n) is 5.61. The number of nitrogens with one attached hydrogen (secondary N) is 1. The number of aromatic nitrogens is 2. The molecule has 1 unspecified atom stereocenters. The lowest BCUT2D eigenvalue weighted by Gasteiger charge is -2.23. The number of hydrogen-bond donors (Lipinski definition) is 1. The molecular weight excluding hydrogens is 286 g/mol. The van der Waals surface area contributed by atoms with Gasteiger partial charge in [-0.15, -0.1) is 11.3 Å². The Morgan fingerprint density at radius 3 is 3.10 bits per heavy atom. The highest BCUT2D eigenvalue weighted by atomic mass is 32.1. The van der Waals surface area contributed by atoms with Crippen LogP contribution in [0.3, 0.4) is 0 Å². The summed E-state index contributed by atoms with van der Waals surface area (Å²) in [7, 11) is 0. The molecular formula is C15H19N3O2S. The maximum absolute atomic E-state index is 5.69. The molecule has 1 atom stereocenters. The third kappa shape index (κ3) is 2.52. The first kappa shape index (κ1) is 13.4. The maximum atomic E-state index is 5.69. The molecule has 0 amide bonds. The van der Waals surface area contributed by atoms with Gasteiger partial charge in [0.15, 0.2) is 0 Å². The van der Waals surface area contributed by atoms with Gasteiger partial charge in [0.25, 0.3) is 0 Å². The molecule has 1 aliphatic carbocycles. The lowest BCUT2D eigenvalue weighted by molar-refractivity contribution is -0.0819. The van der Waals surface area contributed by atoms with Crippen LogP contribution in [0.4, 0.5) is 5.82 Å². The lowest BCUT2D eigenvalue weighted by atomic mass is 10.2. The number of anilines is 1. The van der Waals surface area contributed by atoms with E-state index in [2.05, 4.69) is 15.3 Å². The van der Waals surface area contributed by atoms with Crippen LogP contribution in [-0.4, -0.2) is 42.4 Å². The van der Waals surface area contributed by atoms with Crippen LogP contribution in [0.25, 0.3) is 10.2 Å². The van der Waals surface area contributed by atoms with Crippen LogP contribution in [0.5, 0.6) is 0 Å². The first-order valence-corrected chi connectivity index (χ1v) is 8.35. The average molecular weight is 305 g/mol. The normalized spacial score (nSPS) is 21.7. The van der Waals surface area contributed by atoms with Crippen LogP contribution in [-0.2, 0) is 22.3 Å². The number of hydrogen-bond acceptors (Lipinski definition) is 6. The van der Waals surface area contributed by atoms with E-state index in [1.54, 1.807) is 0 Å². The van der Waals surface area contributed by atoms with Gasteiger partial charge in [0.1, 0.15) is 16.5 Å². The topological polar surface area (TPSA) is 56.3 Å². The van der Waals surface area contributed by atoms with E-state index in [4.69, 9.17) is 9.47 Å². The van der Waals surface area contributed by atoms with Crippen molar-refractivity contribution in [3.63, 3.8) is 0 Å². The van der Waals surface area contributed by atoms with Crippen molar-refractivity contribution in [3.05, 3.63) is 16.3 Å². The maximum Gasteiger partial charge on any atom is 0.138 e. The lowest BCUT2D eigenvalue weighted by Crippen LogP contribution is -2.34. The Balaban J connectivity index is 1.63. The first-order chi connectivity index (χ1) is 10.3. The zero-order valence-electron chi connectivity index (χ0n) is 12.1. The second kappa shape index (κ2) is 5.51. The molecule has 0 radical (unpaired) electrons. The molecule has 0 spiro atoms. The molecule has 3 heterocycles. The van der Waals surface area contributed by atoms with E-state index < -0.39 is 0 Å². The van der Waals surface area contributed by atoms with Crippen molar-refractivity contribution in [3.8, 4) is 0 Å². The number of fused-ring (bicyclic) bond motifs is 3. The third-order valence-electron chi connectivity index (χ3n) is 4.06. The van der Waals surface area contributed by atoms with Crippen LogP contribution in [0.15, 0.2) is 0 Å². The number of aryl methyl sites for hydroxylation is 3. The van der Waals surface area contributed by atoms with E-state index in [-0.39, 0.29) is 6.10 Å². The monoisotopic (exact) mass is 305 g/mol. The van der Waals surface area contributed by atoms with Crippen LogP contribution < -0.4 is 5.32 Å². The number of nitrogens with zero attached hydrogens (tertiary/aromatic N) is 2. The summed E-state index contributed by atoms with van der Waals surface area (Å²) < 4.78 is 11.1. The number of thiophene rings is 1. The molecule has 0 bridgehead atoms. The minimum Gasteiger partial charge on any atom is -0.376 e. The Kier molecular flexibility index (Phi) is 3.52. The van der Waals surface area contributed by atoms with Crippen molar-refractivity contribution in [2.24, 2.45) is 0 Å². The summed E-state index contributed by atoms with van der Waals surface area (Å²) in [6.45, 7) is 4.72. The summed E-state index contributed by atoms with van der Waals surface area (Å²) in [6, 6.07) is 0. The summed E-state index contributed by atoms with van der Waals surface area (Å²) in [5, 5.41) is 4.70. The SMILES string of the molecule is Cc1nc(NCC2COCCO2)c2c3c(sc2n1)CCC3. The first-order valence-electron chi connectivity index (χ1n) is 7.53. The van der Waals surface area contributed by atoms with Gasteiger partial charge in [-0.3, -0.25) is 0 Å². The predicted molar refractivity (Wildman–Crippen MR) is 83.2 cm³/mol. The van der Waals surface area contributed by atoms with Crippen molar-refractivity contribution in [1.82, 2.24) is 9.97 Å².